The Labute approximate surface area is 141 Å². The molecule has 0 unspecified atom stereocenters. The predicted molar refractivity (Wildman–Crippen MR) is 98.5 cm³/mol. The number of hydrogen-bond donors (Lipinski definition) is 1. The van der Waals surface area contributed by atoms with Crippen LogP contribution in [-0.2, 0) is 13.6 Å². The Kier molecular flexibility index (Phi) is 7.91. The largest absolute Gasteiger partial charge is 0.387 e. The van der Waals surface area contributed by atoms with Gasteiger partial charge in [-0.05, 0) is 19.4 Å². The van der Waals surface area contributed by atoms with Gasteiger partial charge in [-0.1, -0.05) is 61.7 Å². The molecule has 2 atom stereocenters. The molecular formula is C17H29O4PSi. The van der Waals surface area contributed by atoms with Gasteiger partial charge in [0.05, 0.1) is 27.4 Å². The molecule has 0 spiro atoms. The zero-order valence-electron chi connectivity index (χ0n) is 14.7. The first-order valence-corrected chi connectivity index (χ1v) is 13.2. The average molecular weight is 356 g/mol. The van der Waals surface area contributed by atoms with Crippen molar-refractivity contribution >= 4 is 15.7 Å². The van der Waals surface area contributed by atoms with E-state index < -0.39 is 27.4 Å². The first-order chi connectivity index (χ1) is 10.7. The van der Waals surface area contributed by atoms with Gasteiger partial charge < -0.3 is 14.2 Å². The van der Waals surface area contributed by atoms with Gasteiger partial charge in [0, 0.05) is 0 Å². The van der Waals surface area contributed by atoms with Gasteiger partial charge in [0.1, 0.15) is 5.66 Å². The van der Waals surface area contributed by atoms with Crippen molar-refractivity contribution in [2.45, 2.75) is 45.3 Å². The Morgan fingerprint density at radius 1 is 1.13 bits per heavy atom. The SMILES string of the molecule is CCOP(=O)(OCC)[C@H](/C=C/[Si](C)(C)C)[C@H](O)c1ccccc1. The molecule has 0 fully saturated rings. The summed E-state index contributed by atoms with van der Waals surface area (Å²) in [7, 11) is -4.97. The Morgan fingerprint density at radius 3 is 2.09 bits per heavy atom. The van der Waals surface area contributed by atoms with Crippen molar-refractivity contribution in [1.82, 2.24) is 0 Å². The highest BCUT2D eigenvalue weighted by molar-refractivity contribution is 7.55. The van der Waals surface area contributed by atoms with Crippen LogP contribution < -0.4 is 0 Å². The van der Waals surface area contributed by atoms with Crippen LogP contribution in [0.4, 0.5) is 0 Å². The van der Waals surface area contributed by atoms with E-state index in [1.165, 1.54) is 0 Å². The number of aliphatic hydroxyl groups is 1. The minimum atomic E-state index is -3.45. The second-order valence-corrected chi connectivity index (χ2v) is 13.7. The predicted octanol–water partition coefficient (Wildman–Crippen LogP) is 4.79. The first kappa shape index (κ1) is 20.3. The molecule has 0 bridgehead atoms. The van der Waals surface area contributed by atoms with Crippen LogP contribution in [0, 0.1) is 0 Å². The van der Waals surface area contributed by atoms with Crippen LogP contribution >= 0.6 is 7.60 Å². The molecule has 0 amide bonds. The molecular weight excluding hydrogens is 327 g/mol. The minimum absolute atomic E-state index is 0.274. The zero-order chi connectivity index (χ0) is 17.5. The standard InChI is InChI=1S/C17H29O4PSi/c1-6-20-22(19,21-7-2)16(13-14-23(3,4)5)17(18)15-11-9-8-10-12-15/h8-14,16-18H,6-7H2,1-5H3/b14-13+/t16-,17-/m1/s1. The maximum absolute atomic E-state index is 13.2. The highest BCUT2D eigenvalue weighted by atomic mass is 31.2. The van der Waals surface area contributed by atoms with E-state index in [4.69, 9.17) is 9.05 Å². The van der Waals surface area contributed by atoms with Gasteiger partial charge in [-0.25, -0.2) is 0 Å². The summed E-state index contributed by atoms with van der Waals surface area (Å²) >= 11 is 0. The van der Waals surface area contributed by atoms with Crippen LogP contribution in [0.25, 0.3) is 0 Å². The molecule has 0 saturated heterocycles. The summed E-state index contributed by atoms with van der Waals surface area (Å²) in [5.41, 5.74) is 2.07. The fraction of sp³-hybridized carbons (Fsp3) is 0.529. The van der Waals surface area contributed by atoms with Gasteiger partial charge >= 0.3 is 7.60 Å². The molecule has 0 aliphatic carbocycles. The van der Waals surface area contributed by atoms with Gasteiger partial charge in [0.2, 0.25) is 0 Å². The van der Waals surface area contributed by atoms with E-state index >= 15 is 0 Å². The van der Waals surface area contributed by atoms with Crippen LogP contribution in [0.15, 0.2) is 42.1 Å². The lowest BCUT2D eigenvalue weighted by Crippen LogP contribution is -2.23. The smallest absolute Gasteiger partial charge is 0.340 e. The monoisotopic (exact) mass is 356 g/mol. The average Bonchev–Trinajstić information content (AvgIpc) is 2.47. The third kappa shape index (κ3) is 6.36. The minimum Gasteiger partial charge on any atom is -0.387 e. The summed E-state index contributed by atoms with van der Waals surface area (Å²) in [4.78, 5) is 0. The third-order valence-corrected chi connectivity index (χ3v) is 6.85. The summed E-state index contributed by atoms with van der Waals surface area (Å²) in [5.74, 6) is 0. The molecule has 0 aliphatic rings. The van der Waals surface area contributed by atoms with E-state index in [0.29, 0.717) is 5.56 Å². The second-order valence-electron chi connectivity index (χ2n) is 6.45. The second kappa shape index (κ2) is 8.95. The fourth-order valence-corrected chi connectivity index (χ4v) is 5.09. The van der Waals surface area contributed by atoms with Gasteiger partial charge in [-0.3, -0.25) is 4.57 Å². The lowest BCUT2D eigenvalue weighted by Gasteiger charge is -2.28. The van der Waals surface area contributed by atoms with Crippen molar-refractivity contribution in [2.24, 2.45) is 0 Å². The summed E-state index contributed by atoms with van der Waals surface area (Å²) in [6, 6.07) is 9.23. The molecule has 1 N–H and O–H groups in total. The summed E-state index contributed by atoms with van der Waals surface area (Å²) in [6.45, 7) is 10.6. The normalized spacial score (nSPS) is 15.7. The molecule has 1 rings (SSSR count). The topological polar surface area (TPSA) is 55.8 Å². The number of hydrogen-bond acceptors (Lipinski definition) is 4. The molecule has 0 heterocycles. The number of rotatable bonds is 9. The molecule has 1 aromatic rings. The van der Waals surface area contributed by atoms with Crippen molar-refractivity contribution < 1.29 is 18.7 Å². The van der Waals surface area contributed by atoms with E-state index in [1.807, 2.05) is 36.4 Å². The summed E-state index contributed by atoms with van der Waals surface area (Å²) in [6.07, 6.45) is 0.892. The fourth-order valence-electron chi connectivity index (χ4n) is 2.19. The Bertz CT molecular complexity index is 529. The van der Waals surface area contributed by atoms with Gasteiger partial charge in [0.25, 0.3) is 0 Å². The molecule has 4 nitrogen and oxygen atoms in total. The van der Waals surface area contributed by atoms with Crippen molar-refractivity contribution in [1.29, 1.82) is 0 Å². The van der Waals surface area contributed by atoms with Crippen molar-refractivity contribution in [3.05, 3.63) is 47.7 Å². The van der Waals surface area contributed by atoms with Crippen molar-refractivity contribution in [3.63, 3.8) is 0 Å². The van der Waals surface area contributed by atoms with E-state index in [0.717, 1.165) is 0 Å². The van der Waals surface area contributed by atoms with Crippen LogP contribution in [0.5, 0.6) is 0 Å². The van der Waals surface area contributed by atoms with E-state index in [9.17, 15) is 9.67 Å². The molecule has 1 aromatic carbocycles. The van der Waals surface area contributed by atoms with Crippen molar-refractivity contribution in [3.8, 4) is 0 Å². The first-order valence-electron chi connectivity index (χ1n) is 8.04. The number of aliphatic hydroxyl groups excluding tert-OH is 1. The van der Waals surface area contributed by atoms with Gasteiger partial charge in [-0.15, -0.1) is 0 Å². The van der Waals surface area contributed by atoms with Crippen molar-refractivity contribution in [2.75, 3.05) is 13.2 Å². The zero-order valence-corrected chi connectivity index (χ0v) is 16.6. The summed E-state index contributed by atoms with van der Waals surface area (Å²) in [5, 5.41) is 10.8. The molecule has 130 valence electrons. The van der Waals surface area contributed by atoms with E-state index in [-0.39, 0.29) is 13.2 Å². The summed E-state index contributed by atoms with van der Waals surface area (Å²) < 4.78 is 24.2. The Balaban J connectivity index is 3.25. The lowest BCUT2D eigenvalue weighted by atomic mass is 10.1. The Morgan fingerprint density at radius 2 is 1.65 bits per heavy atom. The van der Waals surface area contributed by atoms with Crippen LogP contribution in [0.1, 0.15) is 25.5 Å². The van der Waals surface area contributed by atoms with E-state index in [1.54, 1.807) is 13.8 Å². The van der Waals surface area contributed by atoms with Gasteiger partial charge in [-0.2, -0.15) is 0 Å². The maximum Gasteiger partial charge on any atom is 0.340 e. The highest BCUT2D eigenvalue weighted by Crippen LogP contribution is 2.57. The third-order valence-electron chi connectivity index (χ3n) is 3.24. The molecule has 0 aromatic heterocycles. The molecule has 0 radical (unpaired) electrons. The van der Waals surface area contributed by atoms with Crippen LogP contribution in [-0.4, -0.2) is 32.1 Å². The Hall–Kier alpha value is -0.713. The molecule has 0 saturated carbocycles. The molecule has 6 heteroatoms. The molecule has 0 aliphatic heterocycles. The quantitative estimate of drug-likeness (QED) is 0.511. The number of benzene rings is 1. The van der Waals surface area contributed by atoms with E-state index in [2.05, 4.69) is 25.3 Å². The van der Waals surface area contributed by atoms with Gasteiger partial charge in [0.15, 0.2) is 0 Å². The van der Waals surface area contributed by atoms with Crippen LogP contribution in [0.2, 0.25) is 19.6 Å². The highest BCUT2D eigenvalue weighted by Gasteiger charge is 2.39. The lowest BCUT2D eigenvalue weighted by molar-refractivity contribution is 0.152. The molecule has 23 heavy (non-hydrogen) atoms. The van der Waals surface area contributed by atoms with Crippen LogP contribution in [0.3, 0.4) is 0 Å². The maximum atomic E-state index is 13.2.